The zero-order valence-electron chi connectivity index (χ0n) is 10.8. The maximum atomic E-state index is 10.9. The third kappa shape index (κ3) is 3.06. The lowest BCUT2D eigenvalue weighted by atomic mass is 10.3. The molecule has 0 unspecified atom stereocenters. The molecule has 0 spiro atoms. The quantitative estimate of drug-likeness (QED) is 0.653. The molecule has 0 amide bonds. The molecule has 0 aliphatic heterocycles. The lowest BCUT2D eigenvalue weighted by Crippen LogP contribution is -2.11. The Balaban J connectivity index is 2.03. The number of aryl methyl sites for hydroxylation is 2. The molecule has 0 aliphatic rings. The minimum Gasteiger partial charge on any atom is -0.364 e. The molecule has 1 N–H and O–H groups in total. The fraction of sp³-hybridized carbons (Fsp3) is 0.333. The van der Waals surface area contributed by atoms with E-state index in [-0.39, 0.29) is 5.69 Å². The van der Waals surface area contributed by atoms with Gasteiger partial charge < -0.3 is 9.88 Å². The molecule has 7 nitrogen and oxygen atoms in total. The van der Waals surface area contributed by atoms with Crippen LogP contribution in [0.4, 0.5) is 11.5 Å². The van der Waals surface area contributed by atoms with Crippen molar-refractivity contribution in [3.63, 3.8) is 0 Å². The summed E-state index contributed by atoms with van der Waals surface area (Å²) in [6.07, 6.45) is 5.87. The standard InChI is InChI=1S/C12H15N5O2/c1-9-7-10(17(18)19)12(15-8-9)14-4-3-11-13-5-6-16(11)2/h5-8H,3-4H2,1-2H3,(H,14,15). The molecular formula is C12H15N5O2. The van der Waals surface area contributed by atoms with Gasteiger partial charge in [0, 0.05) is 44.7 Å². The third-order valence-electron chi connectivity index (χ3n) is 2.76. The second-order valence-corrected chi connectivity index (χ2v) is 4.27. The topological polar surface area (TPSA) is 85.9 Å². The predicted molar refractivity (Wildman–Crippen MR) is 71.0 cm³/mol. The highest BCUT2D eigenvalue weighted by Crippen LogP contribution is 2.22. The van der Waals surface area contributed by atoms with E-state index in [0.717, 1.165) is 11.4 Å². The van der Waals surface area contributed by atoms with Crippen molar-refractivity contribution < 1.29 is 4.92 Å². The van der Waals surface area contributed by atoms with Gasteiger partial charge in [0.05, 0.1) is 4.92 Å². The van der Waals surface area contributed by atoms with Crippen molar-refractivity contribution in [2.75, 3.05) is 11.9 Å². The summed E-state index contributed by atoms with van der Waals surface area (Å²) in [6.45, 7) is 2.32. The molecule has 0 aliphatic carbocycles. The zero-order valence-corrected chi connectivity index (χ0v) is 10.8. The highest BCUT2D eigenvalue weighted by Gasteiger charge is 2.14. The van der Waals surface area contributed by atoms with Crippen LogP contribution in [0.15, 0.2) is 24.7 Å². The monoisotopic (exact) mass is 261 g/mol. The number of pyridine rings is 1. The number of hydrogen-bond donors (Lipinski definition) is 1. The average molecular weight is 261 g/mol. The number of aromatic nitrogens is 3. The molecule has 0 fully saturated rings. The van der Waals surface area contributed by atoms with Crippen molar-refractivity contribution in [3.05, 3.63) is 46.2 Å². The molecule has 0 atom stereocenters. The van der Waals surface area contributed by atoms with Gasteiger partial charge in [0.15, 0.2) is 0 Å². The molecule has 19 heavy (non-hydrogen) atoms. The van der Waals surface area contributed by atoms with Gasteiger partial charge in [-0.25, -0.2) is 9.97 Å². The van der Waals surface area contributed by atoms with Crippen LogP contribution >= 0.6 is 0 Å². The van der Waals surface area contributed by atoms with Crippen molar-refractivity contribution in [3.8, 4) is 0 Å². The van der Waals surface area contributed by atoms with Crippen molar-refractivity contribution in [1.82, 2.24) is 14.5 Å². The van der Waals surface area contributed by atoms with E-state index in [2.05, 4.69) is 15.3 Å². The van der Waals surface area contributed by atoms with Gasteiger partial charge >= 0.3 is 5.69 Å². The zero-order chi connectivity index (χ0) is 13.8. The van der Waals surface area contributed by atoms with E-state index in [1.54, 1.807) is 19.3 Å². The minimum absolute atomic E-state index is 0.000148. The van der Waals surface area contributed by atoms with Gasteiger partial charge in [-0.05, 0) is 12.5 Å². The SMILES string of the molecule is Cc1cnc(NCCc2nccn2C)c([N+](=O)[O-])c1. The van der Waals surface area contributed by atoms with Crippen LogP contribution < -0.4 is 5.32 Å². The number of nitrogens with zero attached hydrogens (tertiary/aromatic N) is 4. The van der Waals surface area contributed by atoms with E-state index in [1.807, 2.05) is 17.8 Å². The van der Waals surface area contributed by atoms with Crippen molar-refractivity contribution >= 4 is 11.5 Å². The van der Waals surface area contributed by atoms with Crippen LogP contribution in [-0.2, 0) is 13.5 Å². The molecule has 2 aromatic heterocycles. The normalized spacial score (nSPS) is 10.4. The highest BCUT2D eigenvalue weighted by molar-refractivity contribution is 5.56. The van der Waals surface area contributed by atoms with Crippen LogP contribution in [0, 0.1) is 17.0 Å². The first kappa shape index (κ1) is 13.0. The van der Waals surface area contributed by atoms with Crippen molar-refractivity contribution in [1.29, 1.82) is 0 Å². The summed E-state index contributed by atoms with van der Waals surface area (Å²) in [4.78, 5) is 18.7. The van der Waals surface area contributed by atoms with Crippen LogP contribution in [0.2, 0.25) is 0 Å². The summed E-state index contributed by atoms with van der Waals surface area (Å²) < 4.78 is 1.92. The summed E-state index contributed by atoms with van der Waals surface area (Å²) in [6, 6.07) is 1.51. The number of hydrogen-bond acceptors (Lipinski definition) is 5. The van der Waals surface area contributed by atoms with E-state index >= 15 is 0 Å². The summed E-state index contributed by atoms with van der Waals surface area (Å²) in [5.74, 6) is 1.21. The molecule has 2 aromatic rings. The van der Waals surface area contributed by atoms with Gasteiger partial charge in [-0.3, -0.25) is 10.1 Å². The summed E-state index contributed by atoms with van der Waals surface area (Å²) >= 11 is 0. The number of anilines is 1. The second kappa shape index (κ2) is 5.47. The van der Waals surface area contributed by atoms with E-state index in [4.69, 9.17) is 0 Å². The maximum Gasteiger partial charge on any atom is 0.311 e. The minimum atomic E-state index is -0.427. The van der Waals surface area contributed by atoms with Crippen LogP contribution in [0.25, 0.3) is 0 Å². The largest absolute Gasteiger partial charge is 0.364 e. The Morgan fingerprint density at radius 3 is 2.89 bits per heavy atom. The van der Waals surface area contributed by atoms with Crippen LogP contribution in [0.3, 0.4) is 0 Å². The van der Waals surface area contributed by atoms with Gasteiger partial charge in [-0.15, -0.1) is 0 Å². The highest BCUT2D eigenvalue weighted by atomic mass is 16.6. The fourth-order valence-electron chi connectivity index (χ4n) is 1.76. The molecule has 0 aromatic carbocycles. The van der Waals surface area contributed by atoms with Crippen molar-refractivity contribution in [2.24, 2.45) is 7.05 Å². The second-order valence-electron chi connectivity index (χ2n) is 4.27. The Hall–Kier alpha value is -2.44. The molecule has 0 saturated heterocycles. The average Bonchev–Trinajstić information content (AvgIpc) is 2.77. The lowest BCUT2D eigenvalue weighted by Gasteiger charge is -2.06. The molecular weight excluding hydrogens is 246 g/mol. The third-order valence-corrected chi connectivity index (χ3v) is 2.76. The molecule has 100 valence electrons. The predicted octanol–water partition coefficient (Wildman–Crippen LogP) is 1.69. The molecule has 2 rings (SSSR count). The van der Waals surface area contributed by atoms with Crippen LogP contribution in [0.1, 0.15) is 11.4 Å². The molecule has 0 bridgehead atoms. The van der Waals surface area contributed by atoms with Gasteiger partial charge in [0.2, 0.25) is 5.82 Å². The summed E-state index contributed by atoms with van der Waals surface area (Å²) in [5, 5.41) is 13.9. The summed E-state index contributed by atoms with van der Waals surface area (Å²) in [7, 11) is 1.91. The molecule has 0 saturated carbocycles. The Bertz CT molecular complexity index is 594. The Labute approximate surface area is 110 Å². The Morgan fingerprint density at radius 1 is 1.47 bits per heavy atom. The number of nitro groups is 1. The van der Waals surface area contributed by atoms with Gasteiger partial charge in [0.1, 0.15) is 5.82 Å². The first-order chi connectivity index (χ1) is 9.08. The molecule has 7 heteroatoms. The van der Waals surface area contributed by atoms with Crippen molar-refractivity contribution in [2.45, 2.75) is 13.3 Å². The van der Waals surface area contributed by atoms with E-state index < -0.39 is 4.92 Å². The van der Waals surface area contributed by atoms with E-state index in [1.165, 1.54) is 6.07 Å². The van der Waals surface area contributed by atoms with Gasteiger partial charge in [-0.1, -0.05) is 0 Å². The Morgan fingerprint density at radius 2 is 2.26 bits per heavy atom. The van der Waals surface area contributed by atoms with Crippen LogP contribution in [-0.4, -0.2) is 26.0 Å². The maximum absolute atomic E-state index is 10.9. The smallest absolute Gasteiger partial charge is 0.311 e. The van der Waals surface area contributed by atoms with E-state index in [9.17, 15) is 10.1 Å². The van der Waals surface area contributed by atoms with Crippen LogP contribution in [0.5, 0.6) is 0 Å². The molecule has 0 radical (unpaired) electrons. The van der Waals surface area contributed by atoms with Gasteiger partial charge in [0.25, 0.3) is 0 Å². The molecule has 2 heterocycles. The van der Waals surface area contributed by atoms with Gasteiger partial charge in [-0.2, -0.15) is 0 Å². The summed E-state index contributed by atoms with van der Waals surface area (Å²) in [5.41, 5.74) is 0.765. The first-order valence-corrected chi connectivity index (χ1v) is 5.89. The van der Waals surface area contributed by atoms with E-state index in [0.29, 0.717) is 18.8 Å². The Kier molecular flexibility index (Phi) is 3.74. The number of nitrogens with one attached hydrogen (secondary N) is 1. The lowest BCUT2D eigenvalue weighted by molar-refractivity contribution is -0.384. The fourth-order valence-corrected chi connectivity index (χ4v) is 1.76. The first-order valence-electron chi connectivity index (χ1n) is 5.89. The number of rotatable bonds is 5. The number of imidazole rings is 1.